The molecule has 14 amide bonds. The maximum atomic E-state index is 14.7. The lowest BCUT2D eigenvalue weighted by molar-refractivity contribution is -0.310. The Labute approximate surface area is 670 Å². The molecule has 2 aromatic rings. The van der Waals surface area contributed by atoms with Crippen molar-refractivity contribution in [1.82, 2.24) is 73.7 Å². The van der Waals surface area contributed by atoms with Gasteiger partial charge in [0.05, 0.1) is 45.0 Å². The van der Waals surface area contributed by atoms with Crippen LogP contribution in [0.5, 0.6) is 0 Å². The Morgan fingerprint density at radius 3 is 1.67 bits per heavy atom. The third kappa shape index (κ3) is 32.9. The van der Waals surface area contributed by atoms with Crippen molar-refractivity contribution in [1.29, 1.82) is 0 Å². The van der Waals surface area contributed by atoms with Gasteiger partial charge in [-0.1, -0.05) is 50.6 Å². The highest BCUT2D eigenvalue weighted by Crippen LogP contribution is 2.25. The normalized spacial score (nSPS) is 19.5. The van der Waals surface area contributed by atoms with Crippen LogP contribution in [0.2, 0.25) is 0 Å². The van der Waals surface area contributed by atoms with Crippen molar-refractivity contribution in [2.24, 2.45) is 28.9 Å². The molecule has 0 unspecified atom stereocenters. The molecule has 652 valence electrons. The van der Waals surface area contributed by atoms with E-state index in [1.807, 2.05) is 5.32 Å². The van der Waals surface area contributed by atoms with Crippen molar-refractivity contribution in [3.8, 4) is 0 Å². The largest absolute Gasteiger partial charge is 0.481 e. The lowest BCUT2D eigenvalue weighted by Gasteiger charge is -2.40. The van der Waals surface area contributed by atoms with Gasteiger partial charge in [-0.3, -0.25) is 76.7 Å². The number of benzene rings is 1. The minimum absolute atomic E-state index is 0.0327. The fourth-order valence-electron chi connectivity index (χ4n) is 12.1. The van der Waals surface area contributed by atoms with Crippen LogP contribution < -0.4 is 86.7 Å². The van der Waals surface area contributed by atoms with Crippen LogP contribution in [0, 0.1) is 5.92 Å². The van der Waals surface area contributed by atoms with Gasteiger partial charge in [0.2, 0.25) is 82.7 Å². The Morgan fingerprint density at radius 2 is 1.14 bits per heavy atom. The summed E-state index contributed by atoms with van der Waals surface area (Å²) >= 11 is 0. The predicted octanol–water partition coefficient (Wildman–Crippen LogP) is -9.56. The molecule has 0 bridgehead atoms. The van der Waals surface area contributed by atoms with E-state index < -0.39 is 282 Å². The highest BCUT2D eigenvalue weighted by Gasteiger charge is 2.46. The summed E-state index contributed by atoms with van der Waals surface area (Å²) in [5.41, 5.74) is 22.7. The maximum absolute atomic E-state index is 14.7. The van der Waals surface area contributed by atoms with Crippen LogP contribution in [0.3, 0.4) is 0 Å². The molecule has 0 radical (unpaired) electrons. The third-order valence-electron chi connectivity index (χ3n) is 18.9. The summed E-state index contributed by atoms with van der Waals surface area (Å²) in [7, 11) is 0. The summed E-state index contributed by atoms with van der Waals surface area (Å²) in [4.78, 5) is 231. The predicted molar refractivity (Wildman–Crippen MR) is 402 cm³/mol. The molecule has 1 aromatic heterocycles. The van der Waals surface area contributed by atoms with Gasteiger partial charge in [-0.05, 0) is 96.1 Å². The highest BCUT2D eigenvalue weighted by atomic mass is 16.7. The number of carbonyl (C=O) groups is 17. The molecule has 2 saturated heterocycles. The number of rotatable bonds is 52. The van der Waals surface area contributed by atoms with Gasteiger partial charge in [-0.25, -0.2) is 9.78 Å². The number of aliphatic carboxylic acids is 3. The van der Waals surface area contributed by atoms with Crippen LogP contribution in [0.4, 0.5) is 0 Å². The number of carboxylic acid groups (broad SMARTS) is 3. The van der Waals surface area contributed by atoms with Gasteiger partial charge in [0.1, 0.15) is 85.1 Å². The molecule has 0 aliphatic carbocycles. The monoisotopic (exact) mass is 1660 g/mol. The van der Waals surface area contributed by atoms with Crippen molar-refractivity contribution in [3.05, 3.63) is 53.7 Å². The van der Waals surface area contributed by atoms with E-state index in [9.17, 15) is 122 Å². The number of unbranched alkanes of at least 4 members (excludes halogenated alkanes) is 1. The molecule has 28 N–H and O–H groups in total. The van der Waals surface area contributed by atoms with Gasteiger partial charge in [0.25, 0.3) is 5.91 Å². The average Bonchev–Trinajstić information content (AvgIpc) is 0.879. The van der Waals surface area contributed by atoms with Gasteiger partial charge in [0, 0.05) is 38.8 Å². The number of carboxylic acids is 3. The van der Waals surface area contributed by atoms with E-state index >= 15 is 0 Å². The summed E-state index contributed by atoms with van der Waals surface area (Å²) in [5.74, 6) is -18.8. The van der Waals surface area contributed by atoms with E-state index in [2.05, 4.69) is 63.5 Å². The molecule has 2 fully saturated rings. The molecule has 3 heterocycles. The summed E-state index contributed by atoms with van der Waals surface area (Å²) < 4.78 is 16.9. The van der Waals surface area contributed by atoms with Crippen LogP contribution in [0.15, 0.2) is 41.0 Å². The first kappa shape index (κ1) is 98.4. The number of nitrogens with two attached hydrogens (primary N) is 4. The standard InChI is InChI=1S/C71H110N18O28/c1-5-34(2)55(87-49(93)28-74)68(112)79-35(3)69-86-45(33-115-69)66(110)85-44(26-37-12-7-6-8-13-37)65(109)83-40(17-16-38(27-73)116-71-59(103)58(102)57(101)47(32-90)117-71)61(105)77-30-50(94)80-42(19-22-53(97)98)63(107)82-41(18-21-48(75)92)62(106)78-31-52(96)89-25-11-15-46(89)67(111)84-39(14-9-10-24-72)60(104)76-29-51(95)81-43(20-23-54(99)100)64(108)88-56(36(4)91)70(113)114/h6-8,12-13,33-36,38-44,46-47,55-59,71,90-91,101-103H,5,9-11,14-32,72-74H2,1-4H3,(H2,75,92)(H,76,104)(H,77,105)(H,78,106)(H,79,112)(H,80,94)(H,81,95)(H,82,107)(H,83,109)(H,84,111)(H,85,110)(H,87,93)(H,88,108)(H,97,98)(H,99,100)(H,113,114)/t34-,35-,36+,38+,39-,40-,41-,42-,43-,44-,46-,47+,55-,56-,57-,58-,59+,71+/m0/s1. The summed E-state index contributed by atoms with van der Waals surface area (Å²) in [6.07, 6.45) is -14.2. The van der Waals surface area contributed by atoms with Crippen LogP contribution in [0.25, 0.3) is 0 Å². The Morgan fingerprint density at radius 1 is 0.590 bits per heavy atom. The van der Waals surface area contributed by atoms with E-state index in [0.29, 0.717) is 18.4 Å². The number of oxazole rings is 1. The number of hydrogen-bond donors (Lipinski definition) is 24. The van der Waals surface area contributed by atoms with Crippen LogP contribution in [-0.2, 0) is 92.6 Å². The van der Waals surface area contributed by atoms with Crippen LogP contribution in [-0.4, -0.2) is 301 Å². The van der Waals surface area contributed by atoms with E-state index in [1.54, 1.807) is 44.2 Å². The minimum Gasteiger partial charge on any atom is -0.481 e. The zero-order chi connectivity index (χ0) is 87.3. The smallest absolute Gasteiger partial charge is 0.328 e. The number of primary amides is 1. The molecule has 18 atom stereocenters. The number of ether oxygens (including phenoxy) is 2. The van der Waals surface area contributed by atoms with E-state index in [0.717, 1.165) is 18.1 Å². The summed E-state index contributed by atoms with van der Waals surface area (Å²) in [6.45, 7) is 1.81. The molecular weight excluding hydrogens is 1550 g/mol. The molecule has 0 spiro atoms. The first-order valence-electron chi connectivity index (χ1n) is 37.9. The second-order valence-electron chi connectivity index (χ2n) is 28.0. The number of nitrogens with zero attached hydrogens (tertiary/aromatic N) is 2. The second-order valence-corrected chi connectivity index (χ2v) is 28.0. The summed E-state index contributed by atoms with van der Waals surface area (Å²) in [6, 6.07) is -6.90. The SMILES string of the molecule is CC[C@H](C)[C@H](NC(=O)CN)C(=O)N[C@@H](C)c1nc(C(=O)N[C@@H](Cc2ccccc2)C(=O)N[C@@H](CC[C@H](CN)O[C@@H]2O[C@H](CO)[C@H](O)[C@H](O)[C@H]2O)C(=O)NCC(=O)N[C@@H](CCC(=O)O)C(=O)N[C@@H](CCC(N)=O)C(=O)NCC(=O)N2CCC[C@H]2C(=O)N[C@@H](CCCCN)C(=O)NCC(=O)N[C@@H](CCC(=O)O)C(=O)N[C@H](C(=O)O)[C@@H](C)O)co1. The Bertz CT molecular complexity index is 3720. The zero-order valence-electron chi connectivity index (χ0n) is 65.1. The van der Waals surface area contributed by atoms with Crippen LogP contribution in [0.1, 0.15) is 146 Å². The molecule has 0 saturated carbocycles. The van der Waals surface area contributed by atoms with E-state index in [4.69, 9.17) is 36.8 Å². The fourth-order valence-corrected chi connectivity index (χ4v) is 12.1. The first-order chi connectivity index (χ1) is 55.4. The molecule has 2 aliphatic rings. The Kier molecular flexibility index (Phi) is 41.9. The number of likely N-dealkylation sites (tertiary alicyclic amines) is 1. The fraction of sp³-hybridized carbons (Fsp3) is 0.634. The highest BCUT2D eigenvalue weighted by molar-refractivity contribution is 6.00. The average molecular weight is 1660 g/mol. The number of amides is 14. The molecule has 4 rings (SSSR count). The zero-order valence-corrected chi connectivity index (χ0v) is 65.1. The number of nitrogens with one attached hydrogen (secondary N) is 12. The van der Waals surface area contributed by atoms with Crippen molar-refractivity contribution in [2.75, 3.05) is 52.4 Å². The minimum atomic E-state index is -1.91. The molecule has 2 aliphatic heterocycles. The Hall–Kier alpha value is -11.0. The number of carbonyl (C=O) groups excluding carboxylic acids is 14. The van der Waals surface area contributed by atoms with E-state index in [-0.39, 0.29) is 75.7 Å². The van der Waals surface area contributed by atoms with Crippen molar-refractivity contribution >= 4 is 101 Å². The number of hydrogen-bond acceptors (Lipinski definition) is 29. The maximum Gasteiger partial charge on any atom is 0.328 e. The lowest BCUT2D eigenvalue weighted by atomic mass is 9.98. The van der Waals surface area contributed by atoms with Gasteiger partial charge < -0.3 is 146 Å². The van der Waals surface area contributed by atoms with Crippen LogP contribution >= 0.6 is 0 Å². The van der Waals surface area contributed by atoms with Gasteiger partial charge in [0.15, 0.2) is 18.0 Å². The van der Waals surface area contributed by atoms with Crippen molar-refractivity contribution < 1.29 is 136 Å². The van der Waals surface area contributed by atoms with Gasteiger partial charge in [-0.2, -0.15) is 0 Å². The number of aliphatic hydroxyl groups excluding tert-OH is 5. The second kappa shape index (κ2) is 49.8. The lowest BCUT2D eigenvalue weighted by Crippen LogP contribution is -2.60. The van der Waals surface area contributed by atoms with Crippen molar-refractivity contribution in [3.63, 3.8) is 0 Å². The quantitative estimate of drug-likeness (QED) is 0.0274. The third-order valence-corrected chi connectivity index (χ3v) is 18.9. The molecule has 117 heavy (non-hydrogen) atoms. The van der Waals surface area contributed by atoms with Gasteiger partial charge in [-0.15, -0.1) is 0 Å². The molecular formula is C71H110N18O28. The number of aliphatic hydroxyl groups is 5. The Balaban J connectivity index is 1.53. The molecule has 46 heteroatoms. The van der Waals surface area contributed by atoms with Gasteiger partial charge >= 0.3 is 17.9 Å². The molecule has 46 nitrogen and oxygen atoms in total. The summed E-state index contributed by atoms with van der Waals surface area (Å²) in [5, 5.41) is 108. The topological polar surface area (TPSA) is 748 Å². The van der Waals surface area contributed by atoms with E-state index in [1.165, 1.54) is 6.92 Å². The van der Waals surface area contributed by atoms with Crippen molar-refractivity contribution in [2.45, 2.75) is 227 Å². The number of aromatic nitrogens is 1. The first-order valence-corrected chi connectivity index (χ1v) is 37.9. The molecule has 1 aromatic carbocycles.